The molecule has 3 nitrogen and oxygen atoms in total. The first-order valence-electron chi connectivity index (χ1n) is 0. The Bertz CT molecular complexity index is 6.85. The second kappa shape index (κ2) is 58.2. The maximum absolute atomic E-state index is 0. The van der Waals surface area contributed by atoms with Crippen molar-refractivity contribution in [1.82, 2.24) is 0 Å². The molecule has 0 aromatic carbocycles. The summed E-state index contributed by atoms with van der Waals surface area (Å²) in [7, 11) is 0. The van der Waals surface area contributed by atoms with Crippen LogP contribution in [0.5, 0.6) is 0 Å². The van der Waals surface area contributed by atoms with E-state index in [0.29, 0.717) is 0 Å². The maximum atomic E-state index is 0. The SMILES string of the molecule is [Al+3].[Bi+3].[O-2].[O-2].[O-2]. The Labute approximate surface area is 59.9 Å². The fourth-order valence-electron chi connectivity index (χ4n) is 0. The number of rotatable bonds is 0. The molecule has 5 heavy (non-hydrogen) atoms. The van der Waals surface area contributed by atoms with Crippen molar-refractivity contribution in [3.05, 3.63) is 0 Å². The summed E-state index contributed by atoms with van der Waals surface area (Å²) in [5.41, 5.74) is 0. The smallest absolute Gasteiger partial charge is 2.00 e. The van der Waals surface area contributed by atoms with Crippen LogP contribution in [0.15, 0.2) is 0 Å². The molecule has 0 spiro atoms. The summed E-state index contributed by atoms with van der Waals surface area (Å²) in [4.78, 5) is 0. The van der Waals surface area contributed by atoms with Gasteiger partial charge >= 0.3 is 43.6 Å². The summed E-state index contributed by atoms with van der Waals surface area (Å²) >= 11 is 0. The van der Waals surface area contributed by atoms with Gasteiger partial charge in [0.15, 0.2) is 0 Å². The zero-order valence-corrected chi connectivity index (χ0v) is 6.88. The van der Waals surface area contributed by atoms with Gasteiger partial charge < -0.3 is 16.4 Å². The molecular weight excluding hydrogens is 284 g/mol. The van der Waals surface area contributed by atoms with Gasteiger partial charge in [0.2, 0.25) is 0 Å². The van der Waals surface area contributed by atoms with E-state index in [1.165, 1.54) is 0 Å². The van der Waals surface area contributed by atoms with Gasteiger partial charge in [-0.2, -0.15) is 0 Å². The van der Waals surface area contributed by atoms with Gasteiger partial charge in [0.1, 0.15) is 0 Å². The third-order valence-electron chi connectivity index (χ3n) is 0. The third kappa shape index (κ3) is 34.3. The molecule has 0 heterocycles. The van der Waals surface area contributed by atoms with Gasteiger partial charge in [-0.3, -0.25) is 0 Å². The largest absolute Gasteiger partial charge is 3.00 e. The van der Waals surface area contributed by atoms with E-state index >= 15 is 0 Å². The van der Waals surface area contributed by atoms with Gasteiger partial charge in [0.25, 0.3) is 0 Å². The molecule has 0 aromatic rings. The zero-order valence-electron chi connectivity index (χ0n) is 2.25. The third-order valence-corrected chi connectivity index (χ3v) is 0. The van der Waals surface area contributed by atoms with E-state index in [2.05, 4.69) is 0 Å². The van der Waals surface area contributed by atoms with Crippen molar-refractivity contribution in [3.8, 4) is 0 Å². The van der Waals surface area contributed by atoms with Crippen molar-refractivity contribution < 1.29 is 16.4 Å². The van der Waals surface area contributed by atoms with Crippen LogP contribution in [0.2, 0.25) is 0 Å². The molecule has 0 fully saturated rings. The Morgan fingerprint density at radius 2 is 0.600 bits per heavy atom. The number of hydrogen-bond acceptors (Lipinski definition) is 0. The van der Waals surface area contributed by atoms with Crippen molar-refractivity contribution in [2.45, 2.75) is 0 Å². The molecule has 0 aliphatic rings. The molecule has 26 valence electrons. The molecule has 0 aliphatic carbocycles. The van der Waals surface area contributed by atoms with E-state index in [9.17, 15) is 0 Å². The standard InChI is InChI=1S/Al.Bi.3O/q2*+3;3*-2. The molecule has 0 rings (SSSR count). The molecule has 5 heteroatoms. The molecule has 0 atom stereocenters. The maximum Gasteiger partial charge on any atom is 3.00 e. The van der Waals surface area contributed by atoms with Crippen molar-refractivity contribution >= 4 is 43.6 Å². The second-order valence-electron chi connectivity index (χ2n) is 0. The fourth-order valence-corrected chi connectivity index (χ4v) is 0. The summed E-state index contributed by atoms with van der Waals surface area (Å²) in [6.07, 6.45) is 0. The first-order chi connectivity index (χ1) is 0. The average Bonchev–Trinajstić information content (AvgIpc) is 0. The van der Waals surface area contributed by atoms with Crippen LogP contribution in [0.1, 0.15) is 0 Å². The van der Waals surface area contributed by atoms with Crippen LogP contribution in [0.4, 0.5) is 0 Å². The van der Waals surface area contributed by atoms with E-state index in [1.807, 2.05) is 0 Å². The van der Waals surface area contributed by atoms with Crippen molar-refractivity contribution in [2.75, 3.05) is 0 Å². The molecule has 0 saturated carbocycles. The van der Waals surface area contributed by atoms with Crippen molar-refractivity contribution in [1.29, 1.82) is 0 Å². The molecule has 0 amide bonds. The van der Waals surface area contributed by atoms with Crippen LogP contribution in [-0.2, 0) is 16.4 Å². The number of hydrogen-bond donors (Lipinski definition) is 0. The summed E-state index contributed by atoms with van der Waals surface area (Å²) in [6, 6.07) is 0. The summed E-state index contributed by atoms with van der Waals surface area (Å²) in [5, 5.41) is 0. The van der Waals surface area contributed by atoms with Crippen LogP contribution >= 0.6 is 0 Å². The predicted molar refractivity (Wildman–Crippen MR) is 13.6 cm³/mol. The van der Waals surface area contributed by atoms with Gasteiger partial charge in [0, 0.05) is 0 Å². The van der Waals surface area contributed by atoms with E-state index < -0.39 is 0 Å². The first kappa shape index (κ1) is 105. The van der Waals surface area contributed by atoms with E-state index in [-0.39, 0.29) is 60.0 Å². The van der Waals surface area contributed by atoms with Crippen LogP contribution in [0, 0.1) is 0 Å². The topological polar surface area (TPSA) is 85.5 Å². The normalized spacial score (nSPS) is 0. The predicted octanol–water partition coefficient (Wildman–Crippen LogP) is -1.12. The first-order valence-corrected chi connectivity index (χ1v) is 0. The van der Waals surface area contributed by atoms with Gasteiger partial charge in [-0.25, -0.2) is 0 Å². The average molecular weight is 284 g/mol. The molecule has 2 radical (unpaired) electrons. The minimum Gasteiger partial charge on any atom is -2.00 e. The van der Waals surface area contributed by atoms with Crippen LogP contribution in [0.25, 0.3) is 0 Å². The minimum absolute atomic E-state index is 0. The van der Waals surface area contributed by atoms with Gasteiger partial charge in [-0.1, -0.05) is 0 Å². The molecule has 0 saturated heterocycles. The molecule has 0 N–H and O–H groups in total. The van der Waals surface area contributed by atoms with Gasteiger partial charge in [-0.15, -0.1) is 0 Å². The monoisotopic (exact) mass is 284 g/mol. The molecule has 0 aliphatic heterocycles. The quantitative estimate of drug-likeness (QED) is 0.505. The van der Waals surface area contributed by atoms with E-state index in [0.717, 1.165) is 0 Å². The molecule has 0 unspecified atom stereocenters. The van der Waals surface area contributed by atoms with Gasteiger partial charge in [-0.05, 0) is 0 Å². The molecule has 0 bridgehead atoms. The van der Waals surface area contributed by atoms with Crippen molar-refractivity contribution in [2.24, 2.45) is 0 Å². The van der Waals surface area contributed by atoms with Crippen LogP contribution in [-0.4, -0.2) is 43.6 Å². The summed E-state index contributed by atoms with van der Waals surface area (Å²) in [6.45, 7) is 0. The second-order valence-corrected chi connectivity index (χ2v) is 0. The Morgan fingerprint density at radius 1 is 0.600 bits per heavy atom. The summed E-state index contributed by atoms with van der Waals surface area (Å²) in [5.74, 6) is 0. The Hall–Kier alpha value is 1.30. The van der Waals surface area contributed by atoms with Gasteiger partial charge in [0.05, 0.1) is 0 Å². The zero-order chi connectivity index (χ0) is 0. The van der Waals surface area contributed by atoms with Crippen LogP contribution < -0.4 is 0 Å². The Balaban J connectivity index is 0. The van der Waals surface area contributed by atoms with E-state index in [4.69, 9.17) is 0 Å². The van der Waals surface area contributed by atoms with E-state index in [1.54, 1.807) is 0 Å². The molecular formula is AlBiO3. The summed E-state index contributed by atoms with van der Waals surface area (Å²) < 4.78 is 0. The molecule has 0 aromatic heterocycles. The minimum atomic E-state index is 0. The Morgan fingerprint density at radius 3 is 0.600 bits per heavy atom. The fraction of sp³-hybridized carbons (Fsp3) is 0. The van der Waals surface area contributed by atoms with Crippen molar-refractivity contribution in [3.63, 3.8) is 0 Å². The Kier molecular flexibility index (Phi) is 1220. The van der Waals surface area contributed by atoms with Crippen LogP contribution in [0.3, 0.4) is 0 Å².